The number of benzene rings is 1. The van der Waals surface area contributed by atoms with Gasteiger partial charge in [-0.15, -0.1) is 0 Å². The molecule has 0 bridgehead atoms. The minimum Gasteiger partial charge on any atom is -0.467 e. The molecule has 25 heavy (non-hydrogen) atoms. The minimum atomic E-state index is -0.513. The van der Waals surface area contributed by atoms with Crippen LogP contribution in [0.5, 0.6) is 0 Å². The molecule has 1 amide bonds. The number of carbonyl (C=O) groups is 2. The third-order valence-electron chi connectivity index (χ3n) is 4.00. The molecule has 0 spiro atoms. The van der Waals surface area contributed by atoms with Crippen LogP contribution in [-0.2, 0) is 27.5 Å². The third-order valence-corrected chi connectivity index (χ3v) is 4.00. The summed E-state index contributed by atoms with van der Waals surface area (Å²) < 4.78 is 10.4. The Kier molecular flexibility index (Phi) is 4.78. The molecule has 0 unspecified atom stereocenters. The molecule has 1 saturated heterocycles. The predicted octanol–water partition coefficient (Wildman–Crippen LogP) is 2.28. The van der Waals surface area contributed by atoms with Crippen molar-refractivity contribution in [2.75, 3.05) is 6.54 Å². The molecule has 1 aliphatic rings. The average molecular weight is 344 g/mol. The van der Waals surface area contributed by atoms with Crippen molar-refractivity contribution in [3.8, 4) is 0 Å². The second-order valence-corrected chi connectivity index (χ2v) is 5.79. The van der Waals surface area contributed by atoms with Crippen molar-refractivity contribution in [2.45, 2.75) is 19.6 Å². The van der Waals surface area contributed by atoms with E-state index in [4.69, 9.17) is 9.15 Å². The average Bonchev–Trinajstić information content (AvgIpc) is 3.24. The summed E-state index contributed by atoms with van der Waals surface area (Å²) in [5.74, 6) is -0.420. The minimum absolute atomic E-state index is 0.0136. The lowest BCUT2D eigenvalue weighted by Crippen LogP contribution is -2.26. The monoisotopic (exact) mass is 344 g/mol. The Balaban J connectivity index is 1.51. The van der Waals surface area contributed by atoms with Gasteiger partial charge in [0.05, 0.1) is 23.6 Å². The Morgan fingerprint density at radius 3 is 2.72 bits per heavy atom. The zero-order chi connectivity index (χ0) is 17.8. The molecule has 2 heterocycles. The van der Waals surface area contributed by atoms with Gasteiger partial charge in [0.15, 0.2) is 0 Å². The van der Waals surface area contributed by atoms with Crippen LogP contribution in [0.25, 0.3) is 0 Å². The van der Waals surface area contributed by atoms with Crippen LogP contribution in [0.2, 0.25) is 0 Å². The van der Waals surface area contributed by atoms with Gasteiger partial charge in [-0.25, -0.2) is 0 Å². The van der Waals surface area contributed by atoms with Crippen LogP contribution in [0.15, 0.2) is 47.1 Å². The first-order chi connectivity index (χ1) is 12.0. The van der Waals surface area contributed by atoms with Gasteiger partial charge in [0, 0.05) is 25.1 Å². The van der Waals surface area contributed by atoms with Crippen LogP contribution in [-0.4, -0.2) is 28.2 Å². The van der Waals surface area contributed by atoms with Gasteiger partial charge in [0.25, 0.3) is 5.69 Å². The number of hydrogen-bond acceptors (Lipinski definition) is 6. The Labute approximate surface area is 143 Å². The molecule has 130 valence electrons. The number of nitro groups is 1. The first-order valence-corrected chi connectivity index (χ1v) is 7.73. The van der Waals surface area contributed by atoms with Gasteiger partial charge in [-0.3, -0.25) is 19.7 Å². The third kappa shape index (κ3) is 4.03. The lowest BCUT2D eigenvalue weighted by atomic mass is 10.1. The van der Waals surface area contributed by atoms with Crippen LogP contribution in [0.4, 0.5) is 5.69 Å². The summed E-state index contributed by atoms with van der Waals surface area (Å²) in [5.41, 5.74) is 0.626. The fraction of sp³-hybridized carbons (Fsp3) is 0.294. The first kappa shape index (κ1) is 16.7. The van der Waals surface area contributed by atoms with Gasteiger partial charge in [-0.2, -0.15) is 0 Å². The van der Waals surface area contributed by atoms with Crippen LogP contribution in [0.1, 0.15) is 17.7 Å². The van der Waals surface area contributed by atoms with Crippen molar-refractivity contribution in [3.63, 3.8) is 0 Å². The van der Waals surface area contributed by atoms with Gasteiger partial charge in [0.2, 0.25) is 5.91 Å². The molecule has 3 rings (SSSR count). The molecule has 0 radical (unpaired) electrons. The number of likely N-dealkylation sites (tertiary alicyclic amines) is 1. The van der Waals surface area contributed by atoms with Crippen molar-refractivity contribution >= 4 is 17.6 Å². The summed E-state index contributed by atoms with van der Waals surface area (Å²) in [7, 11) is 0. The van der Waals surface area contributed by atoms with E-state index in [-0.39, 0.29) is 24.6 Å². The summed E-state index contributed by atoms with van der Waals surface area (Å²) in [6.45, 7) is 0.635. The van der Waals surface area contributed by atoms with E-state index in [2.05, 4.69) is 0 Å². The highest BCUT2D eigenvalue weighted by molar-refractivity contribution is 5.86. The Bertz CT molecular complexity index is 769. The topological polar surface area (TPSA) is 103 Å². The Hall–Kier alpha value is -3.16. The van der Waals surface area contributed by atoms with Crippen molar-refractivity contribution in [1.82, 2.24) is 4.90 Å². The van der Waals surface area contributed by atoms with Gasteiger partial charge >= 0.3 is 5.97 Å². The molecule has 0 aliphatic carbocycles. The summed E-state index contributed by atoms with van der Waals surface area (Å²) >= 11 is 0. The van der Waals surface area contributed by atoms with E-state index in [1.54, 1.807) is 17.0 Å². The maximum Gasteiger partial charge on any atom is 0.311 e. The fourth-order valence-corrected chi connectivity index (χ4v) is 2.66. The molecule has 1 atom stereocenters. The number of furan rings is 1. The van der Waals surface area contributed by atoms with Crippen LogP contribution in [0.3, 0.4) is 0 Å². The van der Waals surface area contributed by atoms with E-state index in [9.17, 15) is 19.7 Å². The number of nitro benzene ring substituents is 1. The number of esters is 1. The number of rotatable bonds is 6. The Morgan fingerprint density at radius 1 is 1.32 bits per heavy atom. The van der Waals surface area contributed by atoms with Gasteiger partial charge in [0.1, 0.15) is 12.4 Å². The molecule has 1 aromatic heterocycles. The molecule has 0 saturated carbocycles. The molecule has 2 aromatic rings. The highest BCUT2D eigenvalue weighted by Crippen LogP contribution is 2.22. The van der Waals surface area contributed by atoms with Crippen molar-refractivity contribution in [1.29, 1.82) is 0 Å². The van der Waals surface area contributed by atoms with E-state index >= 15 is 0 Å². The van der Waals surface area contributed by atoms with Crippen LogP contribution >= 0.6 is 0 Å². The number of carbonyl (C=O) groups excluding carboxylic acids is 2. The van der Waals surface area contributed by atoms with Crippen LogP contribution < -0.4 is 0 Å². The number of ether oxygens (including phenoxy) is 1. The molecule has 1 aliphatic heterocycles. The second kappa shape index (κ2) is 7.16. The Morgan fingerprint density at radius 2 is 2.08 bits per heavy atom. The summed E-state index contributed by atoms with van der Waals surface area (Å²) in [4.78, 5) is 35.8. The van der Waals surface area contributed by atoms with E-state index < -0.39 is 16.8 Å². The highest BCUT2D eigenvalue weighted by atomic mass is 16.6. The summed E-state index contributed by atoms with van der Waals surface area (Å²) in [6.07, 6.45) is 1.64. The van der Waals surface area contributed by atoms with Crippen molar-refractivity contribution < 1.29 is 23.7 Å². The zero-order valence-electron chi connectivity index (χ0n) is 13.3. The fourth-order valence-electron chi connectivity index (χ4n) is 2.66. The van der Waals surface area contributed by atoms with E-state index in [1.807, 2.05) is 0 Å². The lowest BCUT2D eigenvalue weighted by molar-refractivity contribution is -0.384. The summed E-state index contributed by atoms with van der Waals surface area (Å²) in [6, 6.07) is 9.29. The number of nitrogens with zero attached hydrogens (tertiary/aromatic N) is 2. The van der Waals surface area contributed by atoms with Crippen molar-refractivity contribution in [2.24, 2.45) is 5.92 Å². The van der Waals surface area contributed by atoms with Crippen molar-refractivity contribution in [3.05, 3.63) is 64.1 Å². The quantitative estimate of drug-likeness (QED) is 0.452. The molecule has 1 aromatic carbocycles. The SMILES string of the molecule is O=C(OCc1ccc([N+](=O)[O-])cc1)[C@H]1CC(=O)N(Cc2ccco2)C1. The molecular weight excluding hydrogens is 328 g/mol. The molecule has 1 fully saturated rings. The molecule has 8 nitrogen and oxygen atoms in total. The maximum absolute atomic E-state index is 12.2. The lowest BCUT2D eigenvalue weighted by Gasteiger charge is -2.14. The highest BCUT2D eigenvalue weighted by Gasteiger charge is 2.35. The molecule has 8 heteroatoms. The van der Waals surface area contributed by atoms with Crippen LogP contribution in [0, 0.1) is 16.0 Å². The zero-order valence-corrected chi connectivity index (χ0v) is 13.3. The molecular formula is C17H16N2O6. The van der Waals surface area contributed by atoms with E-state index in [0.29, 0.717) is 24.4 Å². The molecule has 0 N–H and O–H groups in total. The standard InChI is InChI=1S/C17H16N2O6/c20-16-8-13(9-18(16)10-15-2-1-7-24-15)17(21)25-11-12-3-5-14(6-4-12)19(22)23/h1-7,13H,8-11H2/t13-/m0/s1. The van der Waals surface area contributed by atoms with E-state index in [0.717, 1.165) is 0 Å². The summed E-state index contributed by atoms with van der Waals surface area (Å²) in [5, 5.41) is 10.6. The van der Waals surface area contributed by atoms with Gasteiger partial charge in [-0.05, 0) is 29.8 Å². The maximum atomic E-state index is 12.2. The second-order valence-electron chi connectivity index (χ2n) is 5.79. The van der Waals surface area contributed by atoms with Gasteiger partial charge in [-0.1, -0.05) is 0 Å². The predicted molar refractivity (Wildman–Crippen MR) is 85.1 cm³/mol. The van der Waals surface area contributed by atoms with E-state index in [1.165, 1.54) is 30.5 Å². The number of amides is 1. The van der Waals surface area contributed by atoms with Gasteiger partial charge < -0.3 is 14.1 Å². The first-order valence-electron chi connectivity index (χ1n) is 7.73. The smallest absolute Gasteiger partial charge is 0.311 e. The largest absolute Gasteiger partial charge is 0.467 e. The normalized spacial score (nSPS) is 16.9. The number of non-ortho nitro benzene ring substituents is 1. The number of hydrogen-bond donors (Lipinski definition) is 0.